The Balaban J connectivity index is 1.98. The van der Waals surface area contributed by atoms with Crippen LogP contribution in [0.2, 0.25) is 0 Å². The Morgan fingerprint density at radius 2 is 2.08 bits per heavy atom. The minimum atomic E-state index is 0.734. The van der Waals surface area contributed by atoms with Gasteiger partial charge < -0.3 is 0 Å². The number of rotatable bonds is 3. The molecule has 2 aliphatic carbocycles. The maximum Gasteiger partial charge on any atom is -0.0292 e. The standard InChI is InChI=1S/C13H24/c1-4-5-8-13(3)9-10(2)11-6-7-12(11)13/h10-12H,4-9H2,1-3H3. The van der Waals surface area contributed by atoms with E-state index in [9.17, 15) is 0 Å². The Kier molecular flexibility index (Phi) is 2.42. The maximum atomic E-state index is 2.56. The predicted molar refractivity (Wildman–Crippen MR) is 57.6 cm³/mol. The summed E-state index contributed by atoms with van der Waals surface area (Å²) in [5, 5.41) is 0. The lowest BCUT2D eigenvalue weighted by atomic mass is 9.64. The monoisotopic (exact) mass is 180 g/mol. The van der Waals surface area contributed by atoms with Crippen molar-refractivity contribution in [2.24, 2.45) is 23.2 Å². The lowest BCUT2D eigenvalue weighted by molar-refractivity contribution is 0.0829. The van der Waals surface area contributed by atoms with Crippen LogP contribution in [0.25, 0.3) is 0 Å². The van der Waals surface area contributed by atoms with E-state index in [4.69, 9.17) is 0 Å². The largest absolute Gasteiger partial charge is 0.0654 e. The average molecular weight is 180 g/mol. The van der Waals surface area contributed by atoms with E-state index in [1.165, 1.54) is 38.5 Å². The zero-order valence-electron chi connectivity index (χ0n) is 9.47. The fourth-order valence-electron chi connectivity index (χ4n) is 3.98. The highest BCUT2D eigenvalue weighted by Gasteiger charge is 2.52. The first-order valence-corrected chi connectivity index (χ1v) is 6.17. The van der Waals surface area contributed by atoms with Crippen molar-refractivity contribution in [1.82, 2.24) is 0 Å². The summed E-state index contributed by atoms with van der Waals surface area (Å²) in [6, 6.07) is 0. The second kappa shape index (κ2) is 3.29. The molecular weight excluding hydrogens is 156 g/mol. The molecule has 2 saturated carbocycles. The van der Waals surface area contributed by atoms with Crippen molar-refractivity contribution < 1.29 is 0 Å². The lowest BCUT2D eigenvalue weighted by Crippen LogP contribution is -2.33. The fourth-order valence-corrected chi connectivity index (χ4v) is 3.98. The first-order valence-electron chi connectivity index (χ1n) is 6.17. The summed E-state index contributed by atoms with van der Waals surface area (Å²) >= 11 is 0. The highest BCUT2D eigenvalue weighted by atomic mass is 14.6. The van der Waals surface area contributed by atoms with E-state index in [-0.39, 0.29) is 0 Å². The quantitative estimate of drug-likeness (QED) is 0.609. The Morgan fingerprint density at radius 3 is 2.54 bits per heavy atom. The summed E-state index contributed by atoms with van der Waals surface area (Å²) in [7, 11) is 0. The minimum absolute atomic E-state index is 0.734. The molecule has 0 aromatic carbocycles. The van der Waals surface area contributed by atoms with Gasteiger partial charge in [-0.05, 0) is 48.9 Å². The lowest BCUT2D eigenvalue weighted by Gasteiger charge is -2.41. The zero-order chi connectivity index (χ0) is 9.47. The van der Waals surface area contributed by atoms with Crippen molar-refractivity contribution in [3.63, 3.8) is 0 Å². The van der Waals surface area contributed by atoms with Crippen molar-refractivity contribution in [3.8, 4) is 0 Å². The molecule has 2 aliphatic rings. The molecule has 4 unspecified atom stereocenters. The maximum absolute atomic E-state index is 2.56. The summed E-state index contributed by atoms with van der Waals surface area (Å²) in [5.74, 6) is 3.25. The number of hydrogen-bond acceptors (Lipinski definition) is 0. The topological polar surface area (TPSA) is 0 Å². The number of fused-ring (bicyclic) bond motifs is 1. The normalized spacial score (nSPS) is 48.7. The Labute approximate surface area is 83.1 Å². The molecule has 0 saturated heterocycles. The molecule has 0 heteroatoms. The summed E-state index contributed by atoms with van der Waals surface area (Å²) in [5.41, 5.74) is 0.734. The van der Waals surface area contributed by atoms with E-state index in [1.807, 2.05) is 0 Å². The Hall–Kier alpha value is 0. The summed E-state index contributed by atoms with van der Waals surface area (Å²) < 4.78 is 0. The first kappa shape index (κ1) is 9.55. The van der Waals surface area contributed by atoms with Crippen LogP contribution in [0.4, 0.5) is 0 Å². The second-order valence-electron chi connectivity index (χ2n) is 5.79. The van der Waals surface area contributed by atoms with Crippen molar-refractivity contribution in [2.45, 2.75) is 59.3 Å². The van der Waals surface area contributed by atoms with E-state index in [0.29, 0.717) is 0 Å². The molecule has 0 heterocycles. The van der Waals surface area contributed by atoms with Crippen molar-refractivity contribution in [1.29, 1.82) is 0 Å². The van der Waals surface area contributed by atoms with Gasteiger partial charge in [-0.2, -0.15) is 0 Å². The molecule has 0 aromatic rings. The second-order valence-corrected chi connectivity index (χ2v) is 5.79. The predicted octanol–water partition coefficient (Wildman–Crippen LogP) is 4.25. The van der Waals surface area contributed by atoms with Gasteiger partial charge in [-0.1, -0.05) is 33.6 Å². The summed E-state index contributed by atoms with van der Waals surface area (Å²) in [6.07, 6.45) is 8.91. The van der Waals surface area contributed by atoms with E-state index in [1.54, 1.807) is 0 Å². The van der Waals surface area contributed by atoms with Crippen molar-refractivity contribution in [3.05, 3.63) is 0 Å². The van der Waals surface area contributed by atoms with Gasteiger partial charge in [0.1, 0.15) is 0 Å². The molecule has 0 N–H and O–H groups in total. The van der Waals surface area contributed by atoms with Gasteiger partial charge in [-0.25, -0.2) is 0 Å². The first-order chi connectivity index (χ1) is 6.17. The summed E-state index contributed by atoms with van der Waals surface area (Å²) in [4.78, 5) is 0. The van der Waals surface area contributed by atoms with Gasteiger partial charge in [0.25, 0.3) is 0 Å². The van der Waals surface area contributed by atoms with Gasteiger partial charge in [0, 0.05) is 0 Å². The molecule has 0 radical (unpaired) electrons. The molecule has 2 rings (SSSR count). The van der Waals surface area contributed by atoms with Crippen molar-refractivity contribution in [2.75, 3.05) is 0 Å². The Bertz CT molecular complexity index is 184. The van der Waals surface area contributed by atoms with Gasteiger partial charge in [-0.3, -0.25) is 0 Å². The van der Waals surface area contributed by atoms with Crippen LogP contribution >= 0.6 is 0 Å². The van der Waals surface area contributed by atoms with Gasteiger partial charge in [0.05, 0.1) is 0 Å². The molecule has 0 nitrogen and oxygen atoms in total. The number of hydrogen-bond donors (Lipinski definition) is 0. The van der Waals surface area contributed by atoms with Gasteiger partial charge in [0.15, 0.2) is 0 Å². The van der Waals surface area contributed by atoms with Crippen LogP contribution in [-0.2, 0) is 0 Å². The molecule has 4 atom stereocenters. The fraction of sp³-hybridized carbons (Fsp3) is 1.00. The van der Waals surface area contributed by atoms with E-state index >= 15 is 0 Å². The van der Waals surface area contributed by atoms with Crippen LogP contribution in [0.3, 0.4) is 0 Å². The van der Waals surface area contributed by atoms with Gasteiger partial charge in [-0.15, -0.1) is 0 Å². The smallest absolute Gasteiger partial charge is 0.0292 e. The van der Waals surface area contributed by atoms with Crippen LogP contribution in [0.1, 0.15) is 59.3 Å². The molecule has 76 valence electrons. The molecule has 2 fully saturated rings. The van der Waals surface area contributed by atoms with Crippen molar-refractivity contribution >= 4 is 0 Å². The molecule has 0 aliphatic heterocycles. The van der Waals surface area contributed by atoms with Crippen LogP contribution < -0.4 is 0 Å². The van der Waals surface area contributed by atoms with E-state index < -0.39 is 0 Å². The van der Waals surface area contributed by atoms with E-state index in [0.717, 1.165) is 23.2 Å². The van der Waals surface area contributed by atoms with Gasteiger partial charge in [0.2, 0.25) is 0 Å². The highest BCUT2D eigenvalue weighted by molar-refractivity contribution is 5.02. The van der Waals surface area contributed by atoms with Crippen LogP contribution in [0, 0.1) is 23.2 Å². The molecule has 0 spiro atoms. The SMILES string of the molecule is CCCCC1(C)CC(C)C2CCC21. The van der Waals surface area contributed by atoms with Crippen LogP contribution in [-0.4, -0.2) is 0 Å². The third kappa shape index (κ3) is 1.43. The molecular formula is C13H24. The van der Waals surface area contributed by atoms with Crippen LogP contribution in [0.5, 0.6) is 0 Å². The zero-order valence-corrected chi connectivity index (χ0v) is 9.47. The van der Waals surface area contributed by atoms with Crippen LogP contribution in [0.15, 0.2) is 0 Å². The van der Waals surface area contributed by atoms with E-state index in [2.05, 4.69) is 20.8 Å². The molecule has 0 bridgehead atoms. The highest BCUT2D eigenvalue weighted by Crippen LogP contribution is 2.61. The third-order valence-corrected chi connectivity index (χ3v) is 4.84. The minimum Gasteiger partial charge on any atom is -0.0654 e. The third-order valence-electron chi connectivity index (χ3n) is 4.84. The molecule has 13 heavy (non-hydrogen) atoms. The Morgan fingerprint density at radius 1 is 1.31 bits per heavy atom. The molecule has 0 aromatic heterocycles. The average Bonchev–Trinajstić information content (AvgIpc) is 2.13. The van der Waals surface area contributed by atoms with Gasteiger partial charge >= 0.3 is 0 Å². The molecule has 0 amide bonds. The summed E-state index contributed by atoms with van der Waals surface area (Å²) in [6.45, 7) is 7.36. The number of unbranched alkanes of at least 4 members (excludes halogenated alkanes) is 1.